The highest BCUT2D eigenvalue weighted by Crippen LogP contribution is 2.40. The minimum absolute atomic E-state index is 0.0845. The maximum atomic E-state index is 11.1. The van der Waals surface area contributed by atoms with Gasteiger partial charge in [0.2, 0.25) is 5.75 Å². The van der Waals surface area contributed by atoms with Gasteiger partial charge in [0.25, 0.3) is 0 Å². The summed E-state index contributed by atoms with van der Waals surface area (Å²) in [6.45, 7) is 6.97. The van der Waals surface area contributed by atoms with Crippen molar-refractivity contribution in [2.45, 2.75) is 20.8 Å². The van der Waals surface area contributed by atoms with Crippen molar-refractivity contribution in [3.63, 3.8) is 0 Å². The van der Waals surface area contributed by atoms with Gasteiger partial charge in [0.1, 0.15) is 0 Å². The van der Waals surface area contributed by atoms with Crippen molar-refractivity contribution in [1.82, 2.24) is 0 Å². The topological polar surface area (TPSA) is 73.6 Å². The molecule has 1 N–H and O–H groups in total. The molecule has 0 aromatic heterocycles. The Balaban J connectivity index is 3.29. The van der Waals surface area contributed by atoms with Crippen molar-refractivity contribution in [1.29, 1.82) is 0 Å². The molecule has 18 heavy (non-hydrogen) atoms. The van der Waals surface area contributed by atoms with E-state index in [1.165, 1.54) is 6.07 Å². The molecular weight excluding hydrogens is 236 g/mol. The summed E-state index contributed by atoms with van der Waals surface area (Å²) in [5.41, 5.74) is 0.565. The molecule has 0 aliphatic carbocycles. The molecule has 1 aromatic rings. The van der Waals surface area contributed by atoms with E-state index in [2.05, 4.69) is 5.32 Å². The summed E-state index contributed by atoms with van der Waals surface area (Å²) in [5, 5.41) is 14.1. The fourth-order valence-electron chi connectivity index (χ4n) is 1.58. The Kier molecular flexibility index (Phi) is 5.23. The van der Waals surface area contributed by atoms with Crippen LogP contribution in [-0.4, -0.2) is 24.7 Å². The Morgan fingerprint density at radius 2 is 1.89 bits per heavy atom. The van der Waals surface area contributed by atoms with Crippen LogP contribution in [0.25, 0.3) is 0 Å². The first-order chi connectivity index (χ1) is 8.63. The van der Waals surface area contributed by atoms with E-state index in [9.17, 15) is 10.1 Å². The molecule has 0 bridgehead atoms. The molecule has 0 heterocycles. The molecule has 1 aromatic carbocycles. The fraction of sp³-hybridized carbons (Fsp3) is 0.500. The van der Waals surface area contributed by atoms with Gasteiger partial charge in [-0.15, -0.1) is 0 Å². The summed E-state index contributed by atoms with van der Waals surface area (Å²) in [4.78, 5) is 10.6. The predicted octanol–water partition coefficient (Wildman–Crippen LogP) is 2.82. The van der Waals surface area contributed by atoms with E-state index in [1.54, 1.807) is 13.0 Å². The van der Waals surface area contributed by atoms with Gasteiger partial charge in [0.15, 0.2) is 5.75 Å². The lowest BCUT2D eigenvalue weighted by molar-refractivity contribution is -0.385. The van der Waals surface area contributed by atoms with Gasteiger partial charge < -0.3 is 14.8 Å². The predicted molar refractivity (Wildman–Crippen MR) is 69.6 cm³/mol. The molecule has 0 fully saturated rings. The van der Waals surface area contributed by atoms with Crippen LogP contribution in [0.3, 0.4) is 0 Å². The molecule has 0 amide bonds. The van der Waals surface area contributed by atoms with Crippen molar-refractivity contribution in [3.05, 3.63) is 22.2 Å². The standard InChI is InChI=1S/C12H18N2O4/c1-4-13-9-7-10(14(15)16)12(18-6-3)11(8-9)17-5-2/h7-8,13H,4-6H2,1-3H3. The van der Waals surface area contributed by atoms with Gasteiger partial charge in [0, 0.05) is 24.4 Å². The average Bonchev–Trinajstić information content (AvgIpc) is 2.32. The van der Waals surface area contributed by atoms with E-state index < -0.39 is 4.92 Å². The van der Waals surface area contributed by atoms with Gasteiger partial charge in [-0.3, -0.25) is 10.1 Å². The summed E-state index contributed by atoms with van der Waals surface area (Å²) in [7, 11) is 0. The molecule has 0 aliphatic rings. The third kappa shape index (κ3) is 3.26. The van der Waals surface area contributed by atoms with E-state index in [-0.39, 0.29) is 11.4 Å². The highest BCUT2D eigenvalue weighted by atomic mass is 16.6. The van der Waals surface area contributed by atoms with Crippen LogP contribution >= 0.6 is 0 Å². The first-order valence-electron chi connectivity index (χ1n) is 5.95. The van der Waals surface area contributed by atoms with Crippen LogP contribution in [0.1, 0.15) is 20.8 Å². The molecule has 0 spiro atoms. The van der Waals surface area contributed by atoms with Gasteiger partial charge in [-0.2, -0.15) is 0 Å². The largest absolute Gasteiger partial charge is 0.490 e. The third-order valence-electron chi connectivity index (χ3n) is 2.20. The lowest BCUT2D eigenvalue weighted by Crippen LogP contribution is -2.04. The highest BCUT2D eigenvalue weighted by Gasteiger charge is 2.22. The van der Waals surface area contributed by atoms with E-state index in [4.69, 9.17) is 9.47 Å². The molecule has 0 unspecified atom stereocenters. The third-order valence-corrected chi connectivity index (χ3v) is 2.20. The highest BCUT2D eigenvalue weighted by molar-refractivity contribution is 5.65. The van der Waals surface area contributed by atoms with Gasteiger partial charge >= 0.3 is 5.69 Å². The molecule has 100 valence electrons. The number of hydrogen-bond acceptors (Lipinski definition) is 5. The summed E-state index contributed by atoms with van der Waals surface area (Å²) >= 11 is 0. The number of rotatable bonds is 7. The lowest BCUT2D eigenvalue weighted by atomic mass is 10.2. The number of nitrogens with one attached hydrogen (secondary N) is 1. The van der Waals surface area contributed by atoms with Crippen LogP contribution in [0.2, 0.25) is 0 Å². The normalized spacial score (nSPS) is 9.94. The number of hydrogen-bond donors (Lipinski definition) is 1. The molecule has 1 rings (SSSR count). The van der Waals surface area contributed by atoms with Gasteiger partial charge in [-0.05, 0) is 20.8 Å². The number of nitro groups is 1. The summed E-state index contributed by atoms with van der Waals surface area (Å²) in [6, 6.07) is 3.17. The van der Waals surface area contributed by atoms with E-state index in [0.29, 0.717) is 31.2 Å². The zero-order valence-corrected chi connectivity index (χ0v) is 10.9. The number of anilines is 1. The number of ether oxygens (including phenoxy) is 2. The Hall–Kier alpha value is -1.98. The molecule has 0 saturated carbocycles. The summed E-state index contributed by atoms with van der Waals surface area (Å²) < 4.78 is 10.7. The summed E-state index contributed by atoms with van der Waals surface area (Å²) in [6.07, 6.45) is 0. The second-order valence-electron chi connectivity index (χ2n) is 3.48. The molecule has 6 heteroatoms. The Morgan fingerprint density at radius 1 is 1.22 bits per heavy atom. The van der Waals surface area contributed by atoms with Crippen molar-refractivity contribution >= 4 is 11.4 Å². The van der Waals surface area contributed by atoms with Crippen molar-refractivity contribution in [2.24, 2.45) is 0 Å². The molecular formula is C12H18N2O4. The van der Waals surface area contributed by atoms with Crippen LogP contribution in [0.5, 0.6) is 11.5 Å². The lowest BCUT2D eigenvalue weighted by Gasteiger charge is -2.13. The van der Waals surface area contributed by atoms with Crippen LogP contribution in [0.15, 0.2) is 12.1 Å². The van der Waals surface area contributed by atoms with Crippen LogP contribution < -0.4 is 14.8 Å². The average molecular weight is 254 g/mol. The molecule has 6 nitrogen and oxygen atoms in total. The van der Waals surface area contributed by atoms with Gasteiger partial charge in [-0.25, -0.2) is 0 Å². The molecule has 0 atom stereocenters. The Labute approximate surface area is 106 Å². The number of nitrogens with zero attached hydrogens (tertiary/aromatic N) is 1. The summed E-state index contributed by atoms with van der Waals surface area (Å²) in [5.74, 6) is 0.579. The maximum Gasteiger partial charge on any atom is 0.316 e. The monoisotopic (exact) mass is 254 g/mol. The Morgan fingerprint density at radius 3 is 2.39 bits per heavy atom. The Bertz CT molecular complexity index is 421. The second kappa shape index (κ2) is 6.68. The van der Waals surface area contributed by atoms with E-state index >= 15 is 0 Å². The zero-order valence-electron chi connectivity index (χ0n) is 10.9. The van der Waals surface area contributed by atoms with Crippen LogP contribution in [0.4, 0.5) is 11.4 Å². The number of nitro benzene ring substituents is 1. The maximum absolute atomic E-state index is 11.1. The molecule has 0 radical (unpaired) electrons. The smallest absolute Gasteiger partial charge is 0.316 e. The van der Waals surface area contributed by atoms with E-state index in [1.807, 2.05) is 13.8 Å². The molecule has 0 aliphatic heterocycles. The first kappa shape index (κ1) is 14.1. The fourth-order valence-corrected chi connectivity index (χ4v) is 1.58. The SMILES string of the molecule is CCNc1cc(OCC)c(OCC)c([N+](=O)[O-])c1. The second-order valence-corrected chi connectivity index (χ2v) is 3.48. The van der Waals surface area contributed by atoms with E-state index in [0.717, 1.165) is 0 Å². The van der Waals surface area contributed by atoms with Gasteiger partial charge in [-0.1, -0.05) is 0 Å². The quantitative estimate of drug-likeness (QED) is 0.598. The van der Waals surface area contributed by atoms with Gasteiger partial charge in [0.05, 0.1) is 18.1 Å². The number of benzene rings is 1. The van der Waals surface area contributed by atoms with Crippen LogP contribution in [-0.2, 0) is 0 Å². The van der Waals surface area contributed by atoms with Crippen molar-refractivity contribution in [3.8, 4) is 11.5 Å². The minimum Gasteiger partial charge on any atom is -0.490 e. The van der Waals surface area contributed by atoms with Crippen molar-refractivity contribution < 1.29 is 14.4 Å². The minimum atomic E-state index is -0.464. The zero-order chi connectivity index (χ0) is 13.5. The van der Waals surface area contributed by atoms with Crippen molar-refractivity contribution in [2.75, 3.05) is 25.1 Å². The molecule has 0 saturated heterocycles. The van der Waals surface area contributed by atoms with Crippen LogP contribution in [0, 0.1) is 10.1 Å². The first-order valence-corrected chi connectivity index (χ1v) is 5.95.